The lowest BCUT2D eigenvalue weighted by Crippen LogP contribution is -2.21. The molecule has 0 unspecified atom stereocenters. The van der Waals surface area contributed by atoms with Crippen LogP contribution in [0.2, 0.25) is 0 Å². The summed E-state index contributed by atoms with van der Waals surface area (Å²) in [6, 6.07) is 0. The maximum atomic E-state index is 12.1. The molecule has 0 aromatic carbocycles. The highest BCUT2D eigenvalue weighted by atomic mass is 35.5. The van der Waals surface area contributed by atoms with Gasteiger partial charge in [0, 0.05) is 0 Å². The summed E-state index contributed by atoms with van der Waals surface area (Å²) in [6.45, 7) is -0.269. The van der Waals surface area contributed by atoms with Crippen molar-refractivity contribution in [1.29, 1.82) is 0 Å². The molecule has 1 saturated heterocycles. The average Bonchev–Trinajstić information content (AvgIpc) is 2.11. The first kappa shape index (κ1) is 7.72. The summed E-state index contributed by atoms with van der Waals surface area (Å²) in [6.07, 6.45) is -0.281. The van der Waals surface area contributed by atoms with E-state index in [1.807, 2.05) is 0 Å². The quantitative estimate of drug-likeness (QED) is 0.439. The van der Waals surface area contributed by atoms with Crippen molar-refractivity contribution in [2.24, 2.45) is 5.92 Å². The lowest BCUT2D eigenvalue weighted by atomic mass is 10.1. The summed E-state index contributed by atoms with van der Waals surface area (Å²) in [5.41, 5.74) is 0. The minimum absolute atomic E-state index is 0.269. The second kappa shape index (κ2) is 2.34. The number of alkyl halides is 3. The van der Waals surface area contributed by atoms with Gasteiger partial charge in [0.15, 0.2) is 0 Å². The molecule has 1 rings (SSSR count). The van der Waals surface area contributed by atoms with Crippen molar-refractivity contribution >= 4 is 17.6 Å². The van der Waals surface area contributed by atoms with Crippen molar-refractivity contribution < 1.29 is 18.3 Å². The molecular weight excluding hydrogens is 166 g/mol. The number of esters is 1. The third-order valence-corrected chi connectivity index (χ3v) is 1.63. The van der Waals surface area contributed by atoms with Gasteiger partial charge in [-0.3, -0.25) is 4.79 Å². The van der Waals surface area contributed by atoms with Crippen molar-refractivity contribution in [2.75, 3.05) is 6.61 Å². The molecule has 0 N–H and O–H groups in total. The van der Waals surface area contributed by atoms with Gasteiger partial charge < -0.3 is 4.74 Å². The maximum absolute atomic E-state index is 12.1. The van der Waals surface area contributed by atoms with E-state index in [0.29, 0.717) is 0 Å². The van der Waals surface area contributed by atoms with Crippen molar-refractivity contribution in [3.8, 4) is 0 Å². The fourth-order valence-electron chi connectivity index (χ4n) is 0.723. The molecular formula is C5H5ClF2O2. The van der Waals surface area contributed by atoms with Gasteiger partial charge in [-0.1, -0.05) is 0 Å². The first-order chi connectivity index (χ1) is 4.50. The van der Waals surface area contributed by atoms with Gasteiger partial charge in [-0.05, 0) is 11.6 Å². The maximum Gasteiger partial charge on any atom is 0.328 e. The van der Waals surface area contributed by atoms with E-state index in [-0.39, 0.29) is 13.0 Å². The van der Waals surface area contributed by atoms with Crippen molar-refractivity contribution in [1.82, 2.24) is 0 Å². The summed E-state index contributed by atoms with van der Waals surface area (Å²) >= 11 is 4.64. The van der Waals surface area contributed by atoms with E-state index >= 15 is 0 Å². The molecule has 1 atom stereocenters. The summed E-state index contributed by atoms with van der Waals surface area (Å²) in [4.78, 5) is 10.3. The Kier molecular flexibility index (Phi) is 1.81. The molecule has 10 heavy (non-hydrogen) atoms. The van der Waals surface area contributed by atoms with Gasteiger partial charge in [-0.2, -0.15) is 8.78 Å². The summed E-state index contributed by atoms with van der Waals surface area (Å²) in [5, 5.41) is -3.31. The number of rotatable bonds is 1. The third-order valence-electron chi connectivity index (χ3n) is 1.32. The molecule has 0 spiro atoms. The van der Waals surface area contributed by atoms with Gasteiger partial charge in [0.2, 0.25) is 0 Å². The van der Waals surface area contributed by atoms with Gasteiger partial charge in [0.05, 0.1) is 12.3 Å². The Labute approximate surface area is 61.1 Å². The molecule has 0 aliphatic carbocycles. The number of hydrogen-bond donors (Lipinski definition) is 0. The summed E-state index contributed by atoms with van der Waals surface area (Å²) < 4.78 is 28.6. The molecule has 0 saturated carbocycles. The van der Waals surface area contributed by atoms with E-state index < -0.39 is 17.3 Å². The molecule has 1 heterocycles. The fraction of sp³-hybridized carbons (Fsp3) is 0.800. The molecule has 1 aliphatic heterocycles. The van der Waals surface area contributed by atoms with Crippen molar-refractivity contribution in [2.45, 2.75) is 11.8 Å². The Bertz CT molecular complexity index is 154. The number of hydrogen-bond acceptors (Lipinski definition) is 2. The van der Waals surface area contributed by atoms with Crippen LogP contribution in [0.5, 0.6) is 0 Å². The molecule has 0 aromatic rings. The molecule has 2 nitrogen and oxygen atoms in total. The molecule has 1 fully saturated rings. The van der Waals surface area contributed by atoms with E-state index in [1.165, 1.54) is 0 Å². The topological polar surface area (TPSA) is 26.3 Å². The fourth-order valence-corrected chi connectivity index (χ4v) is 0.863. The molecule has 0 bridgehead atoms. The van der Waals surface area contributed by atoms with Crippen LogP contribution in [-0.4, -0.2) is 18.0 Å². The zero-order chi connectivity index (χ0) is 7.78. The SMILES string of the molecule is O=C1C[C@H](C(F)(F)Cl)CO1. The van der Waals surface area contributed by atoms with Crippen LogP contribution in [0.25, 0.3) is 0 Å². The first-order valence-electron chi connectivity index (χ1n) is 2.72. The van der Waals surface area contributed by atoms with Gasteiger partial charge in [0.1, 0.15) is 6.61 Å². The van der Waals surface area contributed by atoms with E-state index in [2.05, 4.69) is 16.3 Å². The molecule has 1 aliphatic rings. The zero-order valence-corrected chi connectivity index (χ0v) is 5.70. The highest BCUT2D eigenvalue weighted by Crippen LogP contribution is 2.34. The Morgan fingerprint density at radius 2 is 2.30 bits per heavy atom. The number of carbonyl (C=O) groups excluding carboxylic acids is 1. The minimum Gasteiger partial charge on any atom is -0.465 e. The van der Waals surface area contributed by atoms with E-state index in [0.717, 1.165) is 0 Å². The van der Waals surface area contributed by atoms with Crippen molar-refractivity contribution in [3.63, 3.8) is 0 Å². The average molecular weight is 171 g/mol. The van der Waals surface area contributed by atoms with Crippen LogP contribution in [0.1, 0.15) is 6.42 Å². The van der Waals surface area contributed by atoms with Gasteiger partial charge in [0.25, 0.3) is 0 Å². The predicted octanol–water partition coefficient (Wildman–Crippen LogP) is 1.38. The minimum atomic E-state index is -3.31. The third kappa shape index (κ3) is 1.56. The number of cyclic esters (lactones) is 1. The van der Waals surface area contributed by atoms with Crippen LogP contribution in [0, 0.1) is 5.92 Å². The summed E-state index contributed by atoms with van der Waals surface area (Å²) in [7, 11) is 0. The molecule has 58 valence electrons. The van der Waals surface area contributed by atoms with Crippen LogP contribution in [-0.2, 0) is 9.53 Å². The van der Waals surface area contributed by atoms with Gasteiger partial charge >= 0.3 is 11.4 Å². The van der Waals surface area contributed by atoms with Crippen LogP contribution < -0.4 is 0 Å². The highest BCUT2D eigenvalue weighted by molar-refractivity contribution is 6.22. The summed E-state index contributed by atoms with van der Waals surface area (Å²) in [5.74, 6) is -1.76. The number of ether oxygens (including phenoxy) is 1. The Morgan fingerprint density at radius 1 is 1.70 bits per heavy atom. The molecule has 0 aromatic heterocycles. The molecule has 0 radical (unpaired) electrons. The van der Waals surface area contributed by atoms with E-state index in [4.69, 9.17) is 0 Å². The lowest BCUT2D eigenvalue weighted by molar-refractivity contribution is -0.137. The lowest BCUT2D eigenvalue weighted by Gasteiger charge is -2.11. The zero-order valence-electron chi connectivity index (χ0n) is 4.94. The van der Waals surface area contributed by atoms with Crippen LogP contribution in [0.3, 0.4) is 0 Å². The van der Waals surface area contributed by atoms with Gasteiger partial charge in [-0.15, -0.1) is 0 Å². The van der Waals surface area contributed by atoms with Crippen LogP contribution >= 0.6 is 11.6 Å². The Hall–Kier alpha value is -0.380. The van der Waals surface area contributed by atoms with Gasteiger partial charge in [-0.25, -0.2) is 0 Å². The normalized spacial score (nSPS) is 26.7. The molecule has 5 heteroatoms. The predicted molar refractivity (Wildman–Crippen MR) is 29.9 cm³/mol. The Balaban J connectivity index is 2.53. The highest BCUT2D eigenvalue weighted by Gasteiger charge is 2.43. The largest absolute Gasteiger partial charge is 0.465 e. The first-order valence-corrected chi connectivity index (χ1v) is 3.10. The monoisotopic (exact) mass is 170 g/mol. The number of halogens is 3. The van der Waals surface area contributed by atoms with Crippen LogP contribution in [0.15, 0.2) is 0 Å². The van der Waals surface area contributed by atoms with Crippen molar-refractivity contribution in [3.05, 3.63) is 0 Å². The second-order valence-corrected chi connectivity index (χ2v) is 2.63. The molecule has 0 amide bonds. The number of carbonyl (C=O) groups is 1. The van der Waals surface area contributed by atoms with E-state index in [9.17, 15) is 13.6 Å². The Morgan fingerprint density at radius 3 is 2.50 bits per heavy atom. The van der Waals surface area contributed by atoms with Crippen LogP contribution in [0.4, 0.5) is 8.78 Å². The standard InChI is InChI=1S/C5H5ClF2O2/c6-5(7,8)3-1-4(9)10-2-3/h3H,1-2H2/t3-/m0/s1. The second-order valence-electron chi connectivity index (χ2n) is 2.13. The smallest absolute Gasteiger partial charge is 0.328 e. The van der Waals surface area contributed by atoms with E-state index in [1.54, 1.807) is 0 Å².